The molecule has 6 nitrogen and oxygen atoms in total. The maximum Gasteiger partial charge on any atom is 0.353 e. The van der Waals surface area contributed by atoms with Crippen LogP contribution in [0.1, 0.15) is 10.5 Å². The molecule has 0 spiro atoms. The lowest BCUT2D eigenvalue weighted by Gasteiger charge is -2.02. The largest absolute Gasteiger partial charge is 0.477 e. The van der Waals surface area contributed by atoms with Crippen molar-refractivity contribution in [1.29, 1.82) is 0 Å². The van der Waals surface area contributed by atoms with Gasteiger partial charge in [0.2, 0.25) is 0 Å². The van der Waals surface area contributed by atoms with Crippen LogP contribution in [0.5, 0.6) is 0 Å². The van der Waals surface area contributed by atoms with Gasteiger partial charge in [0.25, 0.3) is 0 Å². The molecular formula is C10H7N3O3. The standard InChI is InChI=1S/C10H7N3O3/c14-6-2-5-11-8(10(15)16)7(6)9-12-3-1-4-13-9/h1-5H,(H,11,14)(H,15,16). The second-order valence-corrected chi connectivity index (χ2v) is 2.97. The first-order valence-electron chi connectivity index (χ1n) is 4.42. The fourth-order valence-corrected chi connectivity index (χ4v) is 1.30. The van der Waals surface area contributed by atoms with Gasteiger partial charge in [-0.15, -0.1) is 0 Å². The highest BCUT2D eigenvalue weighted by atomic mass is 16.4. The molecule has 0 unspecified atom stereocenters. The second-order valence-electron chi connectivity index (χ2n) is 2.97. The van der Waals surface area contributed by atoms with E-state index < -0.39 is 11.4 Å². The van der Waals surface area contributed by atoms with Crippen molar-refractivity contribution in [3.63, 3.8) is 0 Å². The number of carbonyl (C=O) groups is 1. The lowest BCUT2D eigenvalue weighted by molar-refractivity contribution is 0.0691. The van der Waals surface area contributed by atoms with Crippen molar-refractivity contribution in [2.24, 2.45) is 0 Å². The summed E-state index contributed by atoms with van der Waals surface area (Å²) in [5.74, 6) is -1.12. The second kappa shape index (κ2) is 3.93. The number of pyridine rings is 1. The van der Waals surface area contributed by atoms with Crippen molar-refractivity contribution < 1.29 is 9.90 Å². The zero-order valence-electron chi connectivity index (χ0n) is 8.04. The van der Waals surface area contributed by atoms with Gasteiger partial charge in [-0.3, -0.25) is 4.79 Å². The SMILES string of the molecule is O=C(O)c1[nH]ccc(=O)c1-c1ncccn1. The number of aromatic amines is 1. The van der Waals surface area contributed by atoms with Gasteiger partial charge in [-0.2, -0.15) is 0 Å². The van der Waals surface area contributed by atoms with E-state index in [2.05, 4.69) is 15.0 Å². The molecule has 0 aromatic carbocycles. The predicted molar refractivity (Wildman–Crippen MR) is 55.0 cm³/mol. The summed E-state index contributed by atoms with van der Waals surface area (Å²) in [6.45, 7) is 0. The Bertz CT molecular complexity index is 577. The van der Waals surface area contributed by atoms with Crippen LogP contribution < -0.4 is 5.43 Å². The van der Waals surface area contributed by atoms with E-state index in [1.807, 2.05) is 0 Å². The fourth-order valence-electron chi connectivity index (χ4n) is 1.30. The van der Waals surface area contributed by atoms with Gasteiger partial charge in [-0.05, 0) is 6.07 Å². The van der Waals surface area contributed by atoms with Crippen LogP contribution in [0.25, 0.3) is 11.4 Å². The van der Waals surface area contributed by atoms with Crippen LogP contribution in [0.15, 0.2) is 35.5 Å². The number of rotatable bonds is 2. The Morgan fingerprint density at radius 1 is 1.31 bits per heavy atom. The molecule has 0 aliphatic carbocycles. The van der Waals surface area contributed by atoms with E-state index in [4.69, 9.17) is 5.11 Å². The van der Waals surface area contributed by atoms with Crippen molar-refractivity contribution in [2.75, 3.05) is 0 Å². The molecule has 2 rings (SSSR count). The number of hydrogen-bond acceptors (Lipinski definition) is 4. The summed E-state index contributed by atoms with van der Waals surface area (Å²) in [7, 11) is 0. The minimum atomic E-state index is -1.22. The highest BCUT2D eigenvalue weighted by Gasteiger charge is 2.16. The molecule has 16 heavy (non-hydrogen) atoms. The average Bonchev–Trinajstić information content (AvgIpc) is 2.29. The maximum atomic E-state index is 11.6. The molecule has 2 aromatic rings. The number of aromatic nitrogens is 3. The van der Waals surface area contributed by atoms with E-state index in [9.17, 15) is 9.59 Å². The van der Waals surface area contributed by atoms with Gasteiger partial charge in [0.05, 0.1) is 5.56 Å². The quantitative estimate of drug-likeness (QED) is 0.764. The average molecular weight is 217 g/mol. The Kier molecular flexibility index (Phi) is 2.47. The fraction of sp³-hybridized carbons (Fsp3) is 0. The van der Waals surface area contributed by atoms with Crippen molar-refractivity contribution in [3.8, 4) is 11.4 Å². The number of nitrogens with one attached hydrogen (secondary N) is 1. The molecule has 0 aliphatic rings. The molecule has 80 valence electrons. The van der Waals surface area contributed by atoms with Crippen LogP contribution in [-0.2, 0) is 0 Å². The Morgan fingerprint density at radius 2 is 2.00 bits per heavy atom. The highest BCUT2D eigenvalue weighted by Crippen LogP contribution is 2.12. The van der Waals surface area contributed by atoms with Gasteiger partial charge in [0.15, 0.2) is 11.3 Å². The third-order valence-corrected chi connectivity index (χ3v) is 1.96. The third kappa shape index (κ3) is 1.68. The summed E-state index contributed by atoms with van der Waals surface area (Å²) in [4.78, 5) is 32.7. The molecule has 2 N–H and O–H groups in total. The monoisotopic (exact) mass is 217 g/mol. The number of nitrogens with zero attached hydrogens (tertiary/aromatic N) is 2. The van der Waals surface area contributed by atoms with Gasteiger partial charge < -0.3 is 10.1 Å². The minimum absolute atomic E-state index is 0.0319. The number of hydrogen-bond donors (Lipinski definition) is 2. The van der Waals surface area contributed by atoms with Gasteiger partial charge in [0.1, 0.15) is 5.69 Å². The molecule has 0 saturated carbocycles. The lowest BCUT2D eigenvalue weighted by Crippen LogP contribution is -2.14. The lowest BCUT2D eigenvalue weighted by atomic mass is 10.1. The molecule has 0 saturated heterocycles. The van der Waals surface area contributed by atoms with E-state index in [0.717, 1.165) is 0 Å². The summed E-state index contributed by atoms with van der Waals surface area (Å²) in [5.41, 5.74) is -0.670. The molecule has 0 bridgehead atoms. The molecule has 6 heteroatoms. The zero-order chi connectivity index (χ0) is 11.5. The summed E-state index contributed by atoms with van der Waals surface area (Å²) in [6.07, 6.45) is 4.17. The zero-order valence-corrected chi connectivity index (χ0v) is 8.04. The van der Waals surface area contributed by atoms with Gasteiger partial charge in [0, 0.05) is 24.7 Å². The molecule has 0 aliphatic heterocycles. The van der Waals surface area contributed by atoms with Crippen molar-refractivity contribution in [3.05, 3.63) is 46.6 Å². The summed E-state index contributed by atoms with van der Waals surface area (Å²) in [6, 6.07) is 2.82. The van der Waals surface area contributed by atoms with E-state index in [-0.39, 0.29) is 17.1 Å². The molecule has 0 radical (unpaired) electrons. The first-order valence-corrected chi connectivity index (χ1v) is 4.42. The number of carboxylic acids is 1. The maximum absolute atomic E-state index is 11.6. The van der Waals surface area contributed by atoms with Gasteiger partial charge >= 0.3 is 5.97 Å². The Hall–Kier alpha value is -2.50. The number of carboxylic acid groups (broad SMARTS) is 1. The predicted octanol–water partition coefficient (Wildman–Crippen LogP) is 0.530. The topological polar surface area (TPSA) is 95.9 Å². The smallest absolute Gasteiger partial charge is 0.353 e. The van der Waals surface area contributed by atoms with Crippen LogP contribution in [0, 0.1) is 0 Å². The first kappa shape index (κ1) is 10.0. The summed E-state index contributed by atoms with van der Waals surface area (Å²) in [5, 5.41) is 8.93. The number of aromatic carboxylic acids is 1. The number of H-pyrrole nitrogens is 1. The highest BCUT2D eigenvalue weighted by molar-refractivity contribution is 5.92. The Labute approximate surface area is 89.6 Å². The molecule has 0 atom stereocenters. The molecule has 0 fully saturated rings. The van der Waals surface area contributed by atoms with Crippen LogP contribution in [0.3, 0.4) is 0 Å². The van der Waals surface area contributed by atoms with Crippen molar-refractivity contribution >= 4 is 5.97 Å². The van der Waals surface area contributed by atoms with Crippen LogP contribution in [0.2, 0.25) is 0 Å². The molecule has 0 amide bonds. The van der Waals surface area contributed by atoms with Gasteiger partial charge in [-0.1, -0.05) is 0 Å². The van der Waals surface area contributed by atoms with E-state index >= 15 is 0 Å². The van der Waals surface area contributed by atoms with E-state index in [1.165, 1.54) is 24.7 Å². The Morgan fingerprint density at radius 3 is 2.62 bits per heavy atom. The van der Waals surface area contributed by atoms with E-state index in [1.54, 1.807) is 6.07 Å². The molecule has 2 aromatic heterocycles. The van der Waals surface area contributed by atoms with E-state index in [0.29, 0.717) is 0 Å². The van der Waals surface area contributed by atoms with Crippen LogP contribution >= 0.6 is 0 Å². The summed E-state index contributed by atoms with van der Waals surface area (Å²) >= 11 is 0. The molecular weight excluding hydrogens is 210 g/mol. The molecule has 2 heterocycles. The normalized spacial score (nSPS) is 10.0. The van der Waals surface area contributed by atoms with Gasteiger partial charge in [-0.25, -0.2) is 14.8 Å². The first-order chi connectivity index (χ1) is 7.70. The van der Waals surface area contributed by atoms with Crippen LogP contribution in [-0.4, -0.2) is 26.0 Å². The minimum Gasteiger partial charge on any atom is -0.477 e. The van der Waals surface area contributed by atoms with Crippen LogP contribution in [0.4, 0.5) is 0 Å². The Balaban J connectivity index is 2.74. The summed E-state index contributed by atoms with van der Waals surface area (Å²) < 4.78 is 0. The van der Waals surface area contributed by atoms with Crippen molar-refractivity contribution in [1.82, 2.24) is 15.0 Å². The third-order valence-electron chi connectivity index (χ3n) is 1.96. The van der Waals surface area contributed by atoms with Crippen molar-refractivity contribution in [2.45, 2.75) is 0 Å².